The first-order chi connectivity index (χ1) is 8.11. The third-order valence-corrected chi connectivity index (χ3v) is 5.28. The topological polar surface area (TPSA) is 49.4 Å². The molecule has 1 fully saturated rings. The van der Waals surface area contributed by atoms with Gasteiger partial charge in [-0.2, -0.15) is 4.31 Å². The van der Waals surface area contributed by atoms with Gasteiger partial charge in [-0.05, 0) is 32.2 Å². The SMILES string of the molecule is CCCNCCS(=O)(=O)N1CCCCC1CC. The summed E-state index contributed by atoms with van der Waals surface area (Å²) in [6, 6.07) is 0.236. The highest BCUT2D eigenvalue weighted by molar-refractivity contribution is 7.89. The standard InChI is InChI=1S/C12H26N2O2S/c1-3-8-13-9-11-17(15,16)14-10-6-5-7-12(14)4-2/h12-13H,3-11H2,1-2H3. The first-order valence-electron chi connectivity index (χ1n) is 6.82. The van der Waals surface area contributed by atoms with Crippen molar-refractivity contribution in [2.45, 2.75) is 52.0 Å². The van der Waals surface area contributed by atoms with Crippen molar-refractivity contribution in [1.82, 2.24) is 9.62 Å². The van der Waals surface area contributed by atoms with Crippen molar-refractivity contribution in [1.29, 1.82) is 0 Å². The number of nitrogens with zero attached hydrogens (tertiary/aromatic N) is 1. The van der Waals surface area contributed by atoms with Gasteiger partial charge in [0, 0.05) is 19.1 Å². The van der Waals surface area contributed by atoms with Crippen molar-refractivity contribution in [2.75, 3.05) is 25.4 Å². The largest absolute Gasteiger partial charge is 0.316 e. The predicted octanol–water partition coefficient (Wildman–Crippen LogP) is 1.58. The van der Waals surface area contributed by atoms with Gasteiger partial charge >= 0.3 is 0 Å². The number of nitrogens with one attached hydrogen (secondary N) is 1. The summed E-state index contributed by atoms with van der Waals surface area (Å²) in [6.45, 7) is 6.34. The Morgan fingerprint density at radius 3 is 2.65 bits per heavy atom. The second-order valence-corrected chi connectivity index (χ2v) is 6.78. The molecule has 0 radical (unpaired) electrons. The fourth-order valence-electron chi connectivity index (χ4n) is 2.37. The van der Waals surface area contributed by atoms with Crippen LogP contribution < -0.4 is 5.32 Å². The summed E-state index contributed by atoms with van der Waals surface area (Å²) < 4.78 is 26.1. The van der Waals surface area contributed by atoms with Gasteiger partial charge in [0.2, 0.25) is 10.0 Å². The van der Waals surface area contributed by atoms with Crippen LogP contribution in [-0.2, 0) is 10.0 Å². The van der Waals surface area contributed by atoms with E-state index in [1.165, 1.54) is 6.42 Å². The number of hydrogen-bond acceptors (Lipinski definition) is 3. The second kappa shape index (κ2) is 7.34. The van der Waals surface area contributed by atoms with Crippen LogP contribution in [0.25, 0.3) is 0 Å². The van der Waals surface area contributed by atoms with E-state index in [0.717, 1.165) is 32.2 Å². The van der Waals surface area contributed by atoms with E-state index in [4.69, 9.17) is 0 Å². The van der Waals surface area contributed by atoms with Crippen LogP contribution in [0.4, 0.5) is 0 Å². The minimum Gasteiger partial charge on any atom is -0.316 e. The molecule has 0 aromatic carbocycles. The normalized spacial score (nSPS) is 22.8. The first kappa shape index (κ1) is 14.9. The van der Waals surface area contributed by atoms with Crippen LogP contribution in [0.5, 0.6) is 0 Å². The van der Waals surface area contributed by atoms with E-state index in [-0.39, 0.29) is 11.8 Å². The summed E-state index contributed by atoms with van der Waals surface area (Å²) in [5.41, 5.74) is 0. The zero-order valence-electron chi connectivity index (χ0n) is 11.1. The van der Waals surface area contributed by atoms with Crippen LogP contribution in [0, 0.1) is 0 Å². The maximum atomic E-state index is 12.2. The highest BCUT2D eigenvalue weighted by atomic mass is 32.2. The zero-order valence-corrected chi connectivity index (χ0v) is 11.9. The van der Waals surface area contributed by atoms with Crippen molar-refractivity contribution >= 4 is 10.0 Å². The Labute approximate surface area is 106 Å². The van der Waals surface area contributed by atoms with Crippen molar-refractivity contribution in [3.8, 4) is 0 Å². The molecule has 17 heavy (non-hydrogen) atoms. The lowest BCUT2D eigenvalue weighted by molar-refractivity contribution is 0.246. The summed E-state index contributed by atoms with van der Waals surface area (Å²) in [5.74, 6) is 0.240. The first-order valence-corrected chi connectivity index (χ1v) is 8.43. The molecule has 102 valence electrons. The zero-order chi connectivity index (χ0) is 12.7. The lowest BCUT2D eigenvalue weighted by Crippen LogP contribution is -2.45. The average molecular weight is 262 g/mol. The molecule has 1 unspecified atom stereocenters. The quantitative estimate of drug-likeness (QED) is 0.709. The molecule has 0 aromatic heterocycles. The monoisotopic (exact) mass is 262 g/mol. The van der Waals surface area contributed by atoms with Crippen LogP contribution in [0.2, 0.25) is 0 Å². The molecule has 0 aromatic rings. The molecule has 1 rings (SSSR count). The van der Waals surface area contributed by atoms with E-state index in [0.29, 0.717) is 13.1 Å². The highest BCUT2D eigenvalue weighted by Gasteiger charge is 2.30. The van der Waals surface area contributed by atoms with Gasteiger partial charge < -0.3 is 5.32 Å². The molecule has 1 heterocycles. The van der Waals surface area contributed by atoms with Crippen LogP contribution in [-0.4, -0.2) is 44.2 Å². The van der Waals surface area contributed by atoms with E-state index in [1.54, 1.807) is 4.31 Å². The molecule has 1 aliphatic heterocycles. The summed E-state index contributed by atoms with van der Waals surface area (Å²) in [5, 5.41) is 3.16. The maximum absolute atomic E-state index is 12.2. The highest BCUT2D eigenvalue weighted by Crippen LogP contribution is 2.22. The van der Waals surface area contributed by atoms with Gasteiger partial charge in [0.05, 0.1) is 5.75 Å². The Balaban J connectivity index is 2.49. The van der Waals surface area contributed by atoms with Crippen LogP contribution >= 0.6 is 0 Å². The van der Waals surface area contributed by atoms with E-state index in [1.807, 2.05) is 0 Å². The van der Waals surface area contributed by atoms with Crippen LogP contribution in [0.3, 0.4) is 0 Å². The molecule has 0 aliphatic carbocycles. The molecule has 0 amide bonds. The van der Waals surface area contributed by atoms with Crippen molar-refractivity contribution in [3.05, 3.63) is 0 Å². The molecule has 1 N–H and O–H groups in total. The van der Waals surface area contributed by atoms with Crippen LogP contribution in [0.15, 0.2) is 0 Å². The Morgan fingerprint density at radius 2 is 2.00 bits per heavy atom. The predicted molar refractivity (Wildman–Crippen MR) is 71.6 cm³/mol. The fourth-order valence-corrected chi connectivity index (χ4v) is 4.12. The number of sulfonamides is 1. The summed E-state index contributed by atoms with van der Waals surface area (Å²) >= 11 is 0. The van der Waals surface area contributed by atoms with Crippen molar-refractivity contribution < 1.29 is 8.42 Å². The van der Waals surface area contributed by atoms with Gasteiger partial charge in [-0.1, -0.05) is 20.3 Å². The molecular formula is C12H26N2O2S. The van der Waals surface area contributed by atoms with Gasteiger partial charge in [0.25, 0.3) is 0 Å². The fraction of sp³-hybridized carbons (Fsp3) is 1.00. The van der Waals surface area contributed by atoms with Gasteiger partial charge in [-0.3, -0.25) is 0 Å². The lowest BCUT2D eigenvalue weighted by atomic mass is 10.0. The molecule has 0 spiro atoms. The van der Waals surface area contributed by atoms with Gasteiger partial charge in [0.1, 0.15) is 0 Å². The Hall–Kier alpha value is -0.130. The summed E-state index contributed by atoms with van der Waals surface area (Å²) in [6.07, 6.45) is 5.18. The average Bonchev–Trinajstić information content (AvgIpc) is 2.34. The molecule has 0 saturated carbocycles. The number of hydrogen-bond donors (Lipinski definition) is 1. The second-order valence-electron chi connectivity index (χ2n) is 4.73. The van der Waals surface area contributed by atoms with E-state index in [9.17, 15) is 8.42 Å². The minimum atomic E-state index is -3.05. The maximum Gasteiger partial charge on any atom is 0.215 e. The van der Waals surface area contributed by atoms with E-state index < -0.39 is 10.0 Å². The molecule has 5 heteroatoms. The third-order valence-electron chi connectivity index (χ3n) is 3.37. The molecular weight excluding hydrogens is 236 g/mol. The van der Waals surface area contributed by atoms with Gasteiger partial charge in [-0.25, -0.2) is 8.42 Å². The van der Waals surface area contributed by atoms with E-state index >= 15 is 0 Å². The smallest absolute Gasteiger partial charge is 0.215 e. The van der Waals surface area contributed by atoms with Gasteiger partial charge in [-0.15, -0.1) is 0 Å². The van der Waals surface area contributed by atoms with Crippen molar-refractivity contribution in [3.63, 3.8) is 0 Å². The lowest BCUT2D eigenvalue weighted by Gasteiger charge is -2.34. The third kappa shape index (κ3) is 4.56. The van der Waals surface area contributed by atoms with Gasteiger partial charge in [0.15, 0.2) is 0 Å². The molecule has 1 saturated heterocycles. The Kier molecular flexibility index (Phi) is 6.44. The molecule has 1 atom stereocenters. The van der Waals surface area contributed by atoms with E-state index in [2.05, 4.69) is 19.2 Å². The number of piperidine rings is 1. The molecule has 0 bridgehead atoms. The van der Waals surface area contributed by atoms with Crippen LogP contribution in [0.1, 0.15) is 46.0 Å². The molecule has 4 nitrogen and oxygen atoms in total. The Bertz CT molecular complexity index is 304. The minimum absolute atomic E-state index is 0.236. The Morgan fingerprint density at radius 1 is 1.24 bits per heavy atom. The molecule has 1 aliphatic rings. The van der Waals surface area contributed by atoms with Crippen molar-refractivity contribution in [2.24, 2.45) is 0 Å². The summed E-state index contributed by atoms with van der Waals surface area (Å²) in [4.78, 5) is 0. The summed E-state index contributed by atoms with van der Waals surface area (Å²) in [7, 11) is -3.05. The number of rotatable bonds is 7.